The van der Waals surface area contributed by atoms with Crippen LogP contribution in [0.15, 0.2) is 47.4 Å². The van der Waals surface area contributed by atoms with Crippen molar-refractivity contribution >= 4 is 21.6 Å². The van der Waals surface area contributed by atoms with Crippen LogP contribution in [0.1, 0.15) is 5.56 Å². The fraction of sp³-hybridized carbons (Fsp3) is 0.294. The minimum absolute atomic E-state index is 0.00135. The molecule has 0 spiro atoms. The number of alkyl halides is 3. The van der Waals surface area contributed by atoms with E-state index in [1.165, 1.54) is 14.2 Å². The van der Waals surface area contributed by atoms with E-state index in [-0.39, 0.29) is 18.2 Å². The molecular formula is C17H17ClF3NO4S. The summed E-state index contributed by atoms with van der Waals surface area (Å²) < 4.78 is 75.0. The zero-order valence-corrected chi connectivity index (χ0v) is 16.0. The Kier molecular flexibility index (Phi) is 6.61. The summed E-state index contributed by atoms with van der Waals surface area (Å²) in [5.74, 6) is 1.14. The first-order chi connectivity index (χ1) is 12.6. The minimum Gasteiger partial charge on any atom is -0.497 e. The lowest BCUT2D eigenvalue weighted by Crippen LogP contribution is -2.31. The highest BCUT2D eigenvalue weighted by atomic mass is 35.5. The third-order valence-electron chi connectivity index (χ3n) is 3.68. The third-order valence-corrected chi connectivity index (χ3v) is 6.02. The van der Waals surface area contributed by atoms with E-state index >= 15 is 0 Å². The Bertz CT molecular complexity index is 886. The normalized spacial score (nSPS) is 12.3. The molecule has 0 fully saturated rings. The van der Waals surface area contributed by atoms with Gasteiger partial charge in [0.25, 0.3) is 0 Å². The molecular weight excluding hydrogens is 407 g/mol. The van der Waals surface area contributed by atoms with Crippen LogP contribution < -0.4 is 9.47 Å². The zero-order valence-electron chi connectivity index (χ0n) is 14.5. The number of benzene rings is 2. The van der Waals surface area contributed by atoms with Crippen LogP contribution in [0.4, 0.5) is 13.2 Å². The Labute approximate surface area is 160 Å². The molecule has 5 nitrogen and oxygen atoms in total. The highest BCUT2D eigenvalue weighted by Gasteiger charge is 2.33. The largest absolute Gasteiger partial charge is 0.497 e. The van der Waals surface area contributed by atoms with Crippen molar-refractivity contribution in [1.29, 1.82) is 0 Å². The van der Waals surface area contributed by atoms with Gasteiger partial charge in [-0.05, 0) is 42.5 Å². The van der Waals surface area contributed by atoms with Crippen LogP contribution in [0.5, 0.6) is 11.5 Å². The molecule has 148 valence electrons. The summed E-state index contributed by atoms with van der Waals surface area (Å²) in [6, 6.07) is 8.83. The van der Waals surface area contributed by atoms with Crippen molar-refractivity contribution in [2.75, 3.05) is 27.3 Å². The molecule has 0 heterocycles. The van der Waals surface area contributed by atoms with Gasteiger partial charge in [0.1, 0.15) is 23.0 Å². The van der Waals surface area contributed by atoms with Gasteiger partial charge in [-0.3, -0.25) is 0 Å². The van der Waals surface area contributed by atoms with Crippen LogP contribution in [-0.2, 0) is 16.2 Å². The average molecular weight is 424 g/mol. The van der Waals surface area contributed by atoms with Gasteiger partial charge in [-0.15, -0.1) is 0 Å². The van der Waals surface area contributed by atoms with E-state index in [1.54, 1.807) is 24.3 Å². The first-order valence-corrected chi connectivity index (χ1v) is 9.47. The second-order valence-corrected chi connectivity index (χ2v) is 7.91. The Hall–Kier alpha value is -1.97. The summed E-state index contributed by atoms with van der Waals surface area (Å²) >= 11 is 5.82. The van der Waals surface area contributed by atoms with Gasteiger partial charge in [0.15, 0.2) is 0 Å². The molecule has 0 saturated carbocycles. The second-order valence-electron chi connectivity index (χ2n) is 5.49. The summed E-state index contributed by atoms with van der Waals surface area (Å²) in [4.78, 5) is -0.606. The monoisotopic (exact) mass is 423 g/mol. The molecule has 2 rings (SSSR count). The first-order valence-electron chi connectivity index (χ1n) is 7.65. The molecule has 2 aromatic carbocycles. The minimum atomic E-state index is -4.68. The fourth-order valence-electron chi connectivity index (χ4n) is 2.13. The van der Waals surface area contributed by atoms with Crippen LogP contribution in [0.3, 0.4) is 0 Å². The van der Waals surface area contributed by atoms with Crippen molar-refractivity contribution in [1.82, 2.24) is 4.31 Å². The summed E-state index contributed by atoms with van der Waals surface area (Å²) in [6.07, 6.45) is -4.68. The molecule has 0 atom stereocenters. The maximum absolute atomic E-state index is 12.9. The standard InChI is InChI=1S/C17H17ClF3NO4S/c1-22(9-10-26-14-6-4-13(25-2)5-7-14)27(23,24)16-11-12(17(19,20)21)3-8-15(16)18/h3-8,11H,9-10H2,1-2H3. The number of ether oxygens (including phenoxy) is 2. The quantitative estimate of drug-likeness (QED) is 0.673. The number of hydrogen-bond acceptors (Lipinski definition) is 4. The van der Waals surface area contributed by atoms with Crippen molar-refractivity contribution < 1.29 is 31.1 Å². The van der Waals surface area contributed by atoms with Crippen LogP contribution >= 0.6 is 11.6 Å². The van der Waals surface area contributed by atoms with Crippen molar-refractivity contribution in [2.45, 2.75) is 11.1 Å². The maximum Gasteiger partial charge on any atom is 0.416 e. The lowest BCUT2D eigenvalue weighted by Gasteiger charge is -2.19. The molecule has 2 aromatic rings. The molecule has 0 unspecified atom stereocenters. The lowest BCUT2D eigenvalue weighted by molar-refractivity contribution is -0.137. The molecule has 27 heavy (non-hydrogen) atoms. The Morgan fingerprint density at radius 1 is 1.07 bits per heavy atom. The van der Waals surface area contributed by atoms with Gasteiger partial charge < -0.3 is 9.47 Å². The highest BCUT2D eigenvalue weighted by molar-refractivity contribution is 7.89. The number of nitrogens with zero attached hydrogens (tertiary/aromatic N) is 1. The number of likely N-dealkylation sites (N-methyl/N-ethyl adjacent to an activating group) is 1. The van der Waals surface area contributed by atoms with Crippen molar-refractivity contribution in [2.24, 2.45) is 0 Å². The zero-order chi connectivity index (χ0) is 20.2. The number of rotatable bonds is 7. The van der Waals surface area contributed by atoms with Gasteiger partial charge in [-0.1, -0.05) is 11.6 Å². The van der Waals surface area contributed by atoms with E-state index in [0.29, 0.717) is 17.6 Å². The Morgan fingerprint density at radius 3 is 2.22 bits per heavy atom. The lowest BCUT2D eigenvalue weighted by atomic mass is 10.2. The van der Waals surface area contributed by atoms with E-state index in [2.05, 4.69) is 0 Å². The Morgan fingerprint density at radius 2 is 1.67 bits per heavy atom. The third kappa shape index (κ3) is 5.27. The molecule has 0 aliphatic carbocycles. The SMILES string of the molecule is COc1ccc(OCCN(C)S(=O)(=O)c2cc(C(F)(F)F)ccc2Cl)cc1. The van der Waals surface area contributed by atoms with E-state index < -0.39 is 26.7 Å². The van der Waals surface area contributed by atoms with E-state index in [1.807, 2.05) is 0 Å². The molecule has 0 bridgehead atoms. The van der Waals surface area contributed by atoms with Crippen LogP contribution in [0, 0.1) is 0 Å². The summed E-state index contributed by atoms with van der Waals surface area (Å²) in [5, 5.41) is -0.286. The first kappa shape index (κ1) is 21.3. The van der Waals surface area contributed by atoms with E-state index in [9.17, 15) is 21.6 Å². The van der Waals surface area contributed by atoms with Gasteiger partial charge in [0.05, 0.1) is 17.7 Å². The predicted molar refractivity (Wildman–Crippen MR) is 94.8 cm³/mol. The van der Waals surface area contributed by atoms with Gasteiger partial charge in [-0.25, -0.2) is 8.42 Å². The van der Waals surface area contributed by atoms with Crippen molar-refractivity contribution in [3.05, 3.63) is 53.1 Å². The van der Waals surface area contributed by atoms with Gasteiger partial charge in [-0.2, -0.15) is 17.5 Å². The van der Waals surface area contributed by atoms with Crippen LogP contribution in [0.25, 0.3) is 0 Å². The molecule has 0 aromatic heterocycles. The smallest absolute Gasteiger partial charge is 0.416 e. The van der Waals surface area contributed by atoms with Gasteiger partial charge >= 0.3 is 6.18 Å². The highest BCUT2D eigenvalue weighted by Crippen LogP contribution is 2.34. The molecule has 0 aliphatic rings. The van der Waals surface area contributed by atoms with Crippen molar-refractivity contribution in [3.8, 4) is 11.5 Å². The summed E-state index contributed by atoms with van der Waals surface area (Å²) in [5.41, 5.74) is -1.09. The van der Waals surface area contributed by atoms with Crippen molar-refractivity contribution in [3.63, 3.8) is 0 Å². The maximum atomic E-state index is 12.9. The van der Waals surface area contributed by atoms with Gasteiger partial charge in [0, 0.05) is 13.6 Å². The van der Waals surface area contributed by atoms with Crippen LogP contribution in [0.2, 0.25) is 5.02 Å². The van der Waals surface area contributed by atoms with Crippen LogP contribution in [-0.4, -0.2) is 40.0 Å². The Balaban J connectivity index is 2.09. The number of sulfonamides is 1. The molecule has 0 amide bonds. The predicted octanol–water partition coefficient (Wildman–Crippen LogP) is 4.07. The van der Waals surface area contributed by atoms with E-state index in [4.69, 9.17) is 21.1 Å². The second kappa shape index (κ2) is 8.37. The molecule has 0 N–H and O–H groups in total. The number of methoxy groups -OCH3 is 1. The van der Waals surface area contributed by atoms with Gasteiger partial charge in [0.2, 0.25) is 10.0 Å². The number of halogens is 4. The summed E-state index contributed by atoms with van der Waals surface area (Å²) in [6.45, 7) is -0.0838. The molecule has 0 aliphatic heterocycles. The molecule has 0 saturated heterocycles. The van der Waals surface area contributed by atoms with E-state index in [0.717, 1.165) is 16.4 Å². The fourth-order valence-corrected chi connectivity index (χ4v) is 3.78. The molecule has 10 heteroatoms. The number of hydrogen-bond donors (Lipinski definition) is 0. The average Bonchev–Trinajstić information content (AvgIpc) is 2.61. The summed E-state index contributed by atoms with van der Waals surface area (Å²) in [7, 11) is -1.45. The topological polar surface area (TPSA) is 55.8 Å². The molecule has 0 radical (unpaired) electrons.